The smallest absolute Gasteiger partial charge is 0.293 e. The molecule has 8 heteroatoms. The normalized spacial score (nSPS) is 15.8. The van der Waals surface area contributed by atoms with Crippen LogP contribution >= 0.6 is 57.6 Å². The average Bonchev–Trinajstić information content (AvgIpc) is 2.89. The van der Waals surface area contributed by atoms with Gasteiger partial charge in [-0.15, -0.1) is 0 Å². The van der Waals surface area contributed by atoms with Crippen LogP contribution in [0.4, 0.5) is 4.79 Å². The van der Waals surface area contributed by atoms with Crippen LogP contribution in [0.25, 0.3) is 6.08 Å². The summed E-state index contributed by atoms with van der Waals surface area (Å²) < 4.78 is 6.93. The quantitative estimate of drug-likeness (QED) is 0.311. The number of hydrogen-bond donors (Lipinski definition) is 0. The van der Waals surface area contributed by atoms with Gasteiger partial charge in [-0.3, -0.25) is 14.5 Å². The first-order valence-electron chi connectivity index (χ1n) is 8.39. The molecule has 1 aliphatic heterocycles. The molecule has 2 amide bonds. The van der Waals surface area contributed by atoms with E-state index >= 15 is 0 Å². The number of amides is 2. The second-order valence-corrected chi connectivity index (χ2v) is 9.43. The lowest BCUT2D eigenvalue weighted by atomic mass is 10.2. The van der Waals surface area contributed by atoms with E-state index in [4.69, 9.17) is 27.9 Å². The fraction of sp³-hybridized carbons (Fsp3) is 0.200. The summed E-state index contributed by atoms with van der Waals surface area (Å²) in [7, 11) is 0. The first-order chi connectivity index (χ1) is 13.3. The van der Waals surface area contributed by atoms with Gasteiger partial charge in [0.2, 0.25) is 0 Å². The van der Waals surface area contributed by atoms with Gasteiger partial charge in [-0.1, -0.05) is 35.3 Å². The Morgan fingerprint density at radius 1 is 1.14 bits per heavy atom. The van der Waals surface area contributed by atoms with Gasteiger partial charge in [-0.2, -0.15) is 0 Å². The number of imide groups is 1. The van der Waals surface area contributed by atoms with E-state index in [9.17, 15) is 9.59 Å². The van der Waals surface area contributed by atoms with Crippen LogP contribution in [-0.2, 0) is 11.4 Å². The van der Waals surface area contributed by atoms with Crippen molar-refractivity contribution in [3.05, 3.63) is 66.0 Å². The summed E-state index contributed by atoms with van der Waals surface area (Å²) in [5.74, 6) is 0.0746. The number of carbonyl (C=O) groups is 2. The van der Waals surface area contributed by atoms with Crippen LogP contribution < -0.4 is 4.74 Å². The molecule has 0 N–H and O–H groups in total. The summed E-state index contributed by atoms with van der Waals surface area (Å²) >= 11 is 15.8. The Labute approximate surface area is 191 Å². The first kappa shape index (κ1) is 21.5. The largest absolute Gasteiger partial charge is 0.486 e. The van der Waals surface area contributed by atoms with Crippen molar-refractivity contribution in [1.29, 1.82) is 0 Å². The van der Waals surface area contributed by atoms with Crippen molar-refractivity contribution in [2.75, 3.05) is 0 Å². The van der Waals surface area contributed by atoms with E-state index < -0.39 is 0 Å². The molecular formula is C20H16Cl2INO3S. The zero-order valence-electron chi connectivity index (χ0n) is 15.0. The van der Waals surface area contributed by atoms with Crippen molar-refractivity contribution in [2.45, 2.75) is 26.5 Å². The Morgan fingerprint density at radius 2 is 1.75 bits per heavy atom. The van der Waals surface area contributed by atoms with Gasteiger partial charge in [-0.05, 0) is 89.7 Å². The maximum Gasteiger partial charge on any atom is 0.293 e. The molecule has 146 valence electrons. The van der Waals surface area contributed by atoms with Crippen molar-refractivity contribution < 1.29 is 14.3 Å². The number of rotatable bonds is 5. The molecule has 1 saturated heterocycles. The van der Waals surface area contributed by atoms with Gasteiger partial charge < -0.3 is 4.74 Å². The third kappa shape index (κ3) is 4.84. The van der Waals surface area contributed by atoms with E-state index in [1.165, 1.54) is 4.90 Å². The van der Waals surface area contributed by atoms with E-state index in [1.807, 2.05) is 24.3 Å². The van der Waals surface area contributed by atoms with Gasteiger partial charge in [0.15, 0.2) is 5.75 Å². The number of ether oxygens (including phenoxy) is 1. The lowest BCUT2D eigenvalue weighted by molar-refractivity contribution is -0.123. The molecule has 3 rings (SSSR count). The lowest BCUT2D eigenvalue weighted by Crippen LogP contribution is -2.34. The topological polar surface area (TPSA) is 46.6 Å². The molecule has 0 spiro atoms. The highest BCUT2D eigenvalue weighted by atomic mass is 127. The van der Waals surface area contributed by atoms with Crippen LogP contribution in [-0.4, -0.2) is 22.1 Å². The molecule has 4 nitrogen and oxygen atoms in total. The summed E-state index contributed by atoms with van der Waals surface area (Å²) in [5.41, 5.74) is 1.63. The van der Waals surface area contributed by atoms with Crippen molar-refractivity contribution in [2.24, 2.45) is 0 Å². The van der Waals surface area contributed by atoms with Crippen molar-refractivity contribution in [3.8, 4) is 5.75 Å². The number of hydrogen-bond acceptors (Lipinski definition) is 4. The zero-order valence-corrected chi connectivity index (χ0v) is 19.5. The van der Waals surface area contributed by atoms with E-state index in [2.05, 4.69) is 22.6 Å². The molecule has 2 aromatic carbocycles. The Bertz CT molecular complexity index is 937. The van der Waals surface area contributed by atoms with E-state index in [0.29, 0.717) is 32.9 Å². The molecule has 0 saturated carbocycles. The summed E-state index contributed by atoms with van der Waals surface area (Å²) in [6.45, 7) is 3.93. The van der Waals surface area contributed by atoms with Crippen LogP contribution in [0.5, 0.6) is 5.75 Å². The van der Waals surface area contributed by atoms with Crippen molar-refractivity contribution in [3.63, 3.8) is 0 Å². The Hall–Kier alpha value is -1.22. The number of benzene rings is 2. The molecule has 28 heavy (non-hydrogen) atoms. The third-order valence-corrected chi connectivity index (χ3v) is 6.12. The van der Waals surface area contributed by atoms with Crippen LogP contribution in [0, 0.1) is 3.57 Å². The standard InChI is InChI=1S/C20H16Cl2INO3S/c1-11(2)24-19(25)17(28-20(24)26)9-13-7-15(21)18(16(22)8-13)27-10-12-3-5-14(23)6-4-12/h3-9,11H,10H2,1-2H3/b17-9+. The van der Waals surface area contributed by atoms with Crippen molar-refractivity contribution in [1.82, 2.24) is 4.90 Å². The maximum atomic E-state index is 12.4. The summed E-state index contributed by atoms with van der Waals surface area (Å²) in [5, 5.41) is 0.403. The maximum absolute atomic E-state index is 12.4. The molecular weight excluding hydrogens is 532 g/mol. The minimum absolute atomic E-state index is 0.192. The molecule has 0 atom stereocenters. The first-order valence-corrected chi connectivity index (χ1v) is 11.0. The highest BCUT2D eigenvalue weighted by molar-refractivity contribution is 14.1. The van der Waals surface area contributed by atoms with Gasteiger partial charge in [0.05, 0.1) is 15.0 Å². The molecule has 1 fully saturated rings. The minimum atomic E-state index is -0.309. The average molecular weight is 548 g/mol. The minimum Gasteiger partial charge on any atom is -0.486 e. The summed E-state index contributed by atoms with van der Waals surface area (Å²) in [4.78, 5) is 26.0. The molecule has 0 aliphatic carbocycles. The highest BCUT2D eigenvalue weighted by Gasteiger charge is 2.36. The van der Waals surface area contributed by atoms with Crippen LogP contribution in [0.15, 0.2) is 41.3 Å². The monoisotopic (exact) mass is 547 g/mol. The predicted molar refractivity (Wildman–Crippen MR) is 123 cm³/mol. The van der Waals surface area contributed by atoms with Crippen LogP contribution in [0.3, 0.4) is 0 Å². The van der Waals surface area contributed by atoms with Gasteiger partial charge >= 0.3 is 0 Å². The number of carbonyl (C=O) groups excluding carboxylic acids is 2. The summed E-state index contributed by atoms with van der Waals surface area (Å²) in [6.07, 6.45) is 1.62. The molecule has 2 aromatic rings. The van der Waals surface area contributed by atoms with Gasteiger partial charge in [0, 0.05) is 9.61 Å². The van der Waals surface area contributed by atoms with Gasteiger partial charge in [0.1, 0.15) is 6.61 Å². The SMILES string of the molecule is CC(C)N1C(=O)S/C(=C/c2cc(Cl)c(OCc3ccc(I)cc3)c(Cl)c2)C1=O. The molecule has 0 bridgehead atoms. The fourth-order valence-electron chi connectivity index (χ4n) is 2.61. The third-order valence-electron chi connectivity index (χ3n) is 3.95. The predicted octanol–water partition coefficient (Wildman–Crippen LogP) is 6.62. The Kier molecular flexibility index (Phi) is 6.96. The van der Waals surface area contributed by atoms with Crippen molar-refractivity contribution >= 4 is 74.8 Å². The molecule has 0 radical (unpaired) electrons. The second kappa shape index (κ2) is 9.07. The Balaban J connectivity index is 1.79. The lowest BCUT2D eigenvalue weighted by Gasteiger charge is -2.16. The van der Waals surface area contributed by atoms with Crippen LogP contribution in [0.2, 0.25) is 10.0 Å². The molecule has 0 unspecified atom stereocenters. The Morgan fingerprint density at radius 3 is 2.29 bits per heavy atom. The van der Waals surface area contributed by atoms with E-state index in [-0.39, 0.29) is 17.2 Å². The zero-order chi connectivity index (χ0) is 20.4. The highest BCUT2D eigenvalue weighted by Crippen LogP contribution is 2.38. The fourth-order valence-corrected chi connectivity index (χ4v) is 4.55. The molecule has 0 aromatic heterocycles. The summed E-state index contributed by atoms with van der Waals surface area (Å²) in [6, 6.07) is 11.1. The van der Waals surface area contributed by atoms with E-state index in [1.54, 1.807) is 32.1 Å². The number of nitrogens with zero attached hydrogens (tertiary/aromatic N) is 1. The van der Waals surface area contributed by atoms with Crippen LogP contribution in [0.1, 0.15) is 25.0 Å². The number of thioether (sulfide) groups is 1. The molecule has 1 heterocycles. The molecule has 1 aliphatic rings. The van der Waals surface area contributed by atoms with Gasteiger partial charge in [-0.25, -0.2) is 0 Å². The second-order valence-electron chi connectivity index (χ2n) is 6.37. The number of halogens is 3. The van der Waals surface area contributed by atoms with Gasteiger partial charge in [0.25, 0.3) is 11.1 Å². The van der Waals surface area contributed by atoms with E-state index in [0.717, 1.165) is 20.9 Å².